The van der Waals surface area contributed by atoms with Crippen molar-refractivity contribution in [3.63, 3.8) is 0 Å². The van der Waals surface area contributed by atoms with Crippen LogP contribution in [0.5, 0.6) is 5.75 Å². The Bertz CT molecular complexity index is 771. The second-order valence-corrected chi connectivity index (χ2v) is 7.27. The molecule has 1 aliphatic rings. The van der Waals surface area contributed by atoms with Crippen LogP contribution < -0.4 is 10.1 Å². The number of ether oxygens (including phenoxy) is 1. The zero-order valence-corrected chi connectivity index (χ0v) is 15.7. The number of aryl methyl sites for hydroxylation is 2. The summed E-state index contributed by atoms with van der Waals surface area (Å²) in [7, 11) is 1.67. The molecule has 3 rings (SSSR count). The van der Waals surface area contributed by atoms with Crippen molar-refractivity contribution in [2.75, 3.05) is 12.4 Å². The Morgan fingerprint density at radius 3 is 2.28 bits per heavy atom. The van der Waals surface area contributed by atoms with E-state index in [0.29, 0.717) is 5.02 Å². The van der Waals surface area contributed by atoms with Gasteiger partial charge in [0.1, 0.15) is 5.75 Å². The lowest BCUT2D eigenvalue weighted by molar-refractivity contribution is -0.121. The van der Waals surface area contributed by atoms with Gasteiger partial charge in [-0.1, -0.05) is 42.6 Å². The summed E-state index contributed by atoms with van der Waals surface area (Å²) in [6, 6.07) is 11.6. The van der Waals surface area contributed by atoms with Gasteiger partial charge in [-0.05, 0) is 61.6 Å². The molecule has 2 aromatic carbocycles. The molecule has 1 aliphatic carbocycles. The topological polar surface area (TPSA) is 38.3 Å². The standard InChI is InChI=1S/C21H24ClNO2/c1-14-12-16(13-15(2)19(14)25-3)23-20(24)21(10-6-7-11-21)17-8-4-5-9-18(17)22/h4-5,8-9,12-13H,6-7,10-11H2,1-3H3,(H,23,24). The number of nitrogens with one attached hydrogen (secondary N) is 1. The monoisotopic (exact) mass is 357 g/mol. The van der Waals surface area contributed by atoms with E-state index in [1.807, 2.05) is 50.2 Å². The average Bonchev–Trinajstić information content (AvgIpc) is 3.06. The van der Waals surface area contributed by atoms with Gasteiger partial charge in [0, 0.05) is 10.7 Å². The van der Waals surface area contributed by atoms with Gasteiger partial charge in [0.15, 0.2) is 0 Å². The van der Waals surface area contributed by atoms with Crippen molar-refractivity contribution in [3.05, 3.63) is 58.1 Å². The summed E-state index contributed by atoms with van der Waals surface area (Å²) >= 11 is 6.43. The summed E-state index contributed by atoms with van der Waals surface area (Å²) in [6.45, 7) is 3.97. The molecule has 1 fully saturated rings. The van der Waals surface area contributed by atoms with E-state index in [1.165, 1.54) is 0 Å². The molecule has 2 aromatic rings. The molecule has 4 heteroatoms. The van der Waals surface area contributed by atoms with Crippen LogP contribution in [-0.4, -0.2) is 13.0 Å². The molecular formula is C21H24ClNO2. The molecule has 132 valence electrons. The molecule has 0 spiro atoms. The van der Waals surface area contributed by atoms with Gasteiger partial charge in [0.05, 0.1) is 12.5 Å². The number of anilines is 1. The van der Waals surface area contributed by atoms with E-state index in [1.54, 1.807) is 7.11 Å². The number of carbonyl (C=O) groups is 1. The van der Waals surface area contributed by atoms with Crippen LogP contribution in [0, 0.1) is 13.8 Å². The van der Waals surface area contributed by atoms with Crippen molar-refractivity contribution in [3.8, 4) is 5.75 Å². The van der Waals surface area contributed by atoms with Crippen LogP contribution in [0.15, 0.2) is 36.4 Å². The van der Waals surface area contributed by atoms with Crippen molar-refractivity contribution < 1.29 is 9.53 Å². The highest BCUT2D eigenvalue weighted by Crippen LogP contribution is 2.44. The average molecular weight is 358 g/mol. The normalized spacial score (nSPS) is 15.8. The zero-order valence-electron chi connectivity index (χ0n) is 15.0. The molecule has 0 aliphatic heterocycles. The minimum atomic E-state index is -0.542. The molecule has 0 bridgehead atoms. The van der Waals surface area contributed by atoms with Crippen LogP contribution in [-0.2, 0) is 10.2 Å². The van der Waals surface area contributed by atoms with Crippen LogP contribution in [0.25, 0.3) is 0 Å². The van der Waals surface area contributed by atoms with Crippen LogP contribution in [0.3, 0.4) is 0 Å². The summed E-state index contributed by atoms with van der Waals surface area (Å²) in [4.78, 5) is 13.3. The molecule has 1 N–H and O–H groups in total. The van der Waals surface area contributed by atoms with Crippen molar-refractivity contribution in [2.24, 2.45) is 0 Å². The van der Waals surface area contributed by atoms with Gasteiger partial charge in [-0.3, -0.25) is 4.79 Å². The minimum Gasteiger partial charge on any atom is -0.496 e. The maximum atomic E-state index is 13.3. The van der Waals surface area contributed by atoms with Gasteiger partial charge in [0.2, 0.25) is 5.91 Å². The van der Waals surface area contributed by atoms with Crippen molar-refractivity contribution in [1.82, 2.24) is 0 Å². The smallest absolute Gasteiger partial charge is 0.235 e. The fraction of sp³-hybridized carbons (Fsp3) is 0.381. The molecule has 1 saturated carbocycles. The van der Waals surface area contributed by atoms with Gasteiger partial charge < -0.3 is 10.1 Å². The van der Waals surface area contributed by atoms with Crippen molar-refractivity contribution in [1.29, 1.82) is 0 Å². The Morgan fingerprint density at radius 2 is 1.72 bits per heavy atom. The number of hydrogen-bond acceptors (Lipinski definition) is 2. The molecular weight excluding hydrogens is 334 g/mol. The molecule has 0 aromatic heterocycles. The second kappa shape index (κ2) is 7.09. The summed E-state index contributed by atoms with van der Waals surface area (Å²) in [5.41, 5.74) is 3.22. The fourth-order valence-corrected chi connectivity index (χ4v) is 4.36. The Labute approximate surface area is 154 Å². The van der Waals surface area contributed by atoms with Crippen molar-refractivity contribution in [2.45, 2.75) is 44.9 Å². The first-order valence-corrected chi connectivity index (χ1v) is 9.07. The number of carbonyl (C=O) groups excluding carboxylic acids is 1. The Balaban J connectivity index is 1.94. The van der Waals surface area contributed by atoms with E-state index in [-0.39, 0.29) is 5.91 Å². The largest absolute Gasteiger partial charge is 0.496 e. The molecule has 1 amide bonds. The zero-order chi connectivity index (χ0) is 18.0. The number of rotatable bonds is 4. The lowest BCUT2D eigenvalue weighted by Gasteiger charge is -2.29. The Kier molecular flexibility index (Phi) is 5.05. The lowest BCUT2D eigenvalue weighted by atomic mass is 9.78. The quantitative estimate of drug-likeness (QED) is 0.793. The Morgan fingerprint density at radius 1 is 1.12 bits per heavy atom. The van der Waals surface area contributed by atoms with Gasteiger partial charge >= 0.3 is 0 Å². The van der Waals surface area contributed by atoms with E-state index >= 15 is 0 Å². The van der Waals surface area contributed by atoms with E-state index in [9.17, 15) is 4.79 Å². The SMILES string of the molecule is COc1c(C)cc(NC(=O)C2(c3ccccc3Cl)CCCC2)cc1C. The predicted octanol–water partition coefficient (Wildman–Crippen LogP) is 5.42. The summed E-state index contributed by atoms with van der Waals surface area (Å²) in [5.74, 6) is 0.891. The first kappa shape index (κ1) is 17.8. The van der Waals surface area contributed by atoms with Crippen LogP contribution in [0.4, 0.5) is 5.69 Å². The van der Waals surface area contributed by atoms with Gasteiger partial charge in [-0.2, -0.15) is 0 Å². The molecule has 0 saturated heterocycles. The highest BCUT2D eigenvalue weighted by Gasteiger charge is 2.43. The fourth-order valence-electron chi connectivity index (χ4n) is 4.04. The van der Waals surface area contributed by atoms with E-state index in [4.69, 9.17) is 16.3 Å². The molecule has 0 heterocycles. The number of benzene rings is 2. The maximum absolute atomic E-state index is 13.3. The third-order valence-corrected chi connectivity index (χ3v) is 5.53. The van der Waals surface area contributed by atoms with Gasteiger partial charge in [0.25, 0.3) is 0 Å². The highest BCUT2D eigenvalue weighted by molar-refractivity contribution is 6.31. The number of halogens is 1. The molecule has 0 radical (unpaired) electrons. The summed E-state index contributed by atoms with van der Waals surface area (Å²) < 4.78 is 5.41. The Hall–Kier alpha value is -2.00. The summed E-state index contributed by atoms with van der Waals surface area (Å²) in [5, 5.41) is 3.80. The van der Waals surface area contributed by atoms with E-state index in [0.717, 1.165) is 53.8 Å². The molecule has 25 heavy (non-hydrogen) atoms. The molecule has 0 atom stereocenters. The van der Waals surface area contributed by atoms with Crippen LogP contribution >= 0.6 is 11.6 Å². The number of hydrogen-bond donors (Lipinski definition) is 1. The lowest BCUT2D eigenvalue weighted by Crippen LogP contribution is -2.38. The van der Waals surface area contributed by atoms with E-state index < -0.39 is 5.41 Å². The second-order valence-electron chi connectivity index (χ2n) is 6.87. The van der Waals surface area contributed by atoms with Gasteiger partial charge in [-0.25, -0.2) is 0 Å². The highest BCUT2D eigenvalue weighted by atomic mass is 35.5. The number of amides is 1. The third kappa shape index (κ3) is 3.25. The number of methoxy groups -OCH3 is 1. The van der Waals surface area contributed by atoms with Crippen LogP contribution in [0.1, 0.15) is 42.4 Å². The maximum Gasteiger partial charge on any atom is 0.235 e. The van der Waals surface area contributed by atoms with Crippen molar-refractivity contribution >= 4 is 23.2 Å². The molecule has 3 nitrogen and oxygen atoms in total. The predicted molar refractivity (Wildman–Crippen MR) is 103 cm³/mol. The van der Waals surface area contributed by atoms with E-state index in [2.05, 4.69) is 5.32 Å². The first-order valence-electron chi connectivity index (χ1n) is 8.69. The molecule has 0 unspecified atom stereocenters. The van der Waals surface area contributed by atoms with Gasteiger partial charge in [-0.15, -0.1) is 0 Å². The third-order valence-electron chi connectivity index (χ3n) is 5.20. The summed E-state index contributed by atoms with van der Waals surface area (Å²) in [6.07, 6.45) is 3.74. The first-order chi connectivity index (χ1) is 12.0. The van der Waals surface area contributed by atoms with Crippen LogP contribution in [0.2, 0.25) is 5.02 Å². The minimum absolute atomic E-state index is 0.0297.